The maximum absolute atomic E-state index is 5.89. The molecular formula is C39H58O2. The van der Waals surface area contributed by atoms with Crippen molar-refractivity contribution in [2.45, 2.75) is 113 Å². The summed E-state index contributed by atoms with van der Waals surface area (Å²) < 4.78 is 11.8. The van der Waals surface area contributed by atoms with Crippen molar-refractivity contribution in [2.75, 3.05) is 13.2 Å². The number of benzene rings is 2. The van der Waals surface area contributed by atoms with Crippen LogP contribution in [0, 0.1) is 10.8 Å². The summed E-state index contributed by atoms with van der Waals surface area (Å²) in [5.74, 6) is 2.01. The second kappa shape index (κ2) is 16.0. The molecular weight excluding hydrogens is 500 g/mol. The summed E-state index contributed by atoms with van der Waals surface area (Å²) in [6, 6.07) is 12.9. The van der Waals surface area contributed by atoms with Gasteiger partial charge in [0.1, 0.15) is 11.5 Å². The summed E-state index contributed by atoms with van der Waals surface area (Å²) in [7, 11) is 0. The van der Waals surface area contributed by atoms with Crippen molar-refractivity contribution in [1.82, 2.24) is 0 Å². The van der Waals surface area contributed by atoms with Gasteiger partial charge in [0.2, 0.25) is 0 Å². The summed E-state index contributed by atoms with van der Waals surface area (Å²) in [5, 5.41) is 0. The van der Waals surface area contributed by atoms with Crippen LogP contribution < -0.4 is 9.47 Å². The number of fused-ring (bicyclic) bond motifs is 2. The Balaban J connectivity index is 0.000000280. The topological polar surface area (TPSA) is 18.5 Å². The average Bonchev–Trinajstić information content (AvgIpc) is 2.87. The van der Waals surface area contributed by atoms with Crippen molar-refractivity contribution in [2.24, 2.45) is 10.8 Å². The minimum Gasteiger partial charge on any atom is -0.494 e. The number of aryl methyl sites for hydroxylation is 1. The molecule has 0 radical (unpaired) electrons. The molecule has 2 heteroatoms. The Kier molecular flexibility index (Phi) is 13.5. The molecule has 0 N–H and O–H groups in total. The molecule has 0 aromatic heterocycles. The number of hydrogen-bond donors (Lipinski definition) is 0. The number of allylic oxidation sites excluding steroid dienone is 3. The lowest BCUT2D eigenvalue weighted by Crippen LogP contribution is -2.07. The first kappa shape index (κ1) is 34.5. The normalized spacial score (nSPS) is 14.3. The zero-order valence-electron chi connectivity index (χ0n) is 26.3. The minimum atomic E-state index is 0. The van der Waals surface area contributed by atoms with Gasteiger partial charge in [0, 0.05) is 0 Å². The number of unbranched alkanes of at least 4 members (excludes halogenated alkanes) is 2. The highest BCUT2D eigenvalue weighted by Crippen LogP contribution is 2.29. The lowest BCUT2D eigenvalue weighted by Gasteiger charge is -2.19. The molecule has 2 nitrogen and oxygen atoms in total. The molecule has 226 valence electrons. The Morgan fingerprint density at radius 2 is 1.20 bits per heavy atom. The first-order valence-corrected chi connectivity index (χ1v) is 15.4. The molecule has 0 spiro atoms. The van der Waals surface area contributed by atoms with E-state index in [1.54, 1.807) is 0 Å². The van der Waals surface area contributed by atoms with Crippen molar-refractivity contribution in [3.05, 3.63) is 89.0 Å². The monoisotopic (exact) mass is 558 g/mol. The van der Waals surface area contributed by atoms with Gasteiger partial charge >= 0.3 is 0 Å². The van der Waals surface area contributed by atoms with E-state index in [1.165, 1.54) is 59.1 Å². The van der Waals surface area contributed by atoms with E-state index in [9.17, 15) is 0 Å². The van der Waals surface area contributed by atoms with Gasteiger partial charge in [-0.25, -0.2) is 0 Å². The Morgan fingerprint density at radius 3 is 1.78 bits per heavy atom. The SMILES string of the molecule is C.C=C1C=Cc2ccc(OCCCCC(C)(C)C)cc2C1.C=C1CCc2ccc(OCCCCC(C)(C)C)cc2C1. The van der Waals surface area contributed by atoms with Crippen LogP contribution in [0.4, 0.5) is 0 Å². The Bertz CT molecular complexity index is 1150. The van der Waals surface area contributed by atoms with Crippen LogP contribution in [-0.4, -0.2) is 13.2 Å². The van der Waals surface area contributed by atoms with Crippen LogP contribution in [0.25, 0.3) is 6.08 Å². The van der Waals surface area contributed by atoms with Gasteiger partial charge in [-0.05, 0) is 122 Å². The number of rotatable bonds is 10. The van der Waals surface area contributed by atoms with E-state index in [1.807, 2.05) is 0 Å². The zero-order chi connectivity index (χ0) is 29.2. The molecule has 0 heterocycles. The van der Waals surface area contributed by atoms with Gasteiger partial charge in [0.05, 0.1) is 13.2 Å². The van der Waals surface area contributed by atoms with E-state index in [2.05, 4.69) is 103 Å². The lowest BCUT2D eigenvalue weighted by atomic mass is 9.89. The van der Waals surface area contributed by atoms with Crippen LogP contribution in [0.5, 0.6) is 11.5 Å². The highest BCUT2D eigenvalue weighted by molar-refractivity contribution is 5.62. The van der Waals surface area contributed by atoms with Crippen LogP contribution in [0.15, 0.2) is 66.8 Å². The first-order valence-electron chi connectivity index (χ1n) is 15.4. The van der Waals surface area contributed by atoms with Crippen LogP contribution in [-0.2, 0) is 19.3 Å². The van der Waals surface area contributed by atoms with Crippen LogP contribution in [0.1, 0.15) is 116 Å². The third kappa shape index (κ3) is 13.2. The largest absolute Gasteiger partial charge is 0.494 e. The third-order valence-electron chi connectivity index (χ3n) is 7.58. The van der Waals surface area contributed by atoms with Crippen molar-refractivity contribution < 1.29 is 9.47 Å². The molecule has 2 aromatic rings. The third-order valence-corrected chi connectivity index (χ3v) is 7.58. The molecule has 41 heavy (non-hydrogen) atoms. The smallest absolute Gasteiger partial charge is 0.119 e. The number of ether oxygens (including phenoxy) is 2. The predicted molar refractivity (Wildman–Crippen MR) is 180 cm³/mol. The standard InChI is InChI=1S/C19H28O.C19H26O.CH4/c2*1-15-7-8-16-9-10-18(14-17(16)13-15)20-12-6-5-11-19(2,3)4;/h9-10,14H,1,5-8,11-13H2,2-4H3;7-10,14H,1,5-6,11-13H2,2-4H3;1H4. The molecule has 2 aromatic carbocycles. The highest BCUT2D eigenvalue weighted by Gasteiger charge is 2.13. The maximum atomic E-state index is 5.89. The fraction of sp³-hybridized carbons (Fsp3) is 0.538. The highest BCUT2D eigenvalue weighted by atomic mass is 16.5. The van der Waals surface area contributed by atoms with Crippen molar-refractivity contribution in [3.8, 4) is 11.5 Å². The zero-order valence-corrected chi connectivity index (χ0v) is 26.3. The second-order valence-electron chi connectivity index (χ2n) is 14.1. The van der Waals surface area contributed by atoms with Crippen LogP contribution in [0.3, 0.4) is 0 Å². The average molecular weight is 559 g/mol. The fourth-order valence-corrected chi connectivity index (χ4v) is 5.16. The Morgan fingerprint density at radius 1 is 0.634 bits per heavy atom. The summed E-state index contributed by atoms with van der Waals surface area (Å²) in [4.78, 5) is 0. The van der Waals surface area contributed by atoms with Gasteiger partial charge in [-0.15, -0.1) is 0 Å². The Labute approximate surface area is 253 Å². The van der Waals surface area contributed by atoms with Gasteiger partial charge in [-0.2, -0.15) is 0 Å². The second-order valence-corrected chi connectivity index (χ2v) is 14.1. The molecule has 2 aliphatic rings. The van der Waals surface area contributed by atoms with Crippen molar-refractivity contribution in [1.29, 1.82) is 0 Å². The molecule has 4 rings (SSSR count). The van der Waals surface area contributed by atoms with E-state index < -0.39 is 0 Å². The summed E-state index contributed by atoms with van der Waals surface area (Å²) in [6.45, 7) is 23.5. The molecule has 0 amide bonds. The number of hydrogen-bond acceptors (Lipinski definition) is 2. The molecule has 0 atom stereocenters. The minimum absolute atomic E-state index is 0. The van der Waals surface area contributed by atoms with E-state index in [4.69, 9.17) is 9.47 Å². The van der Waals surface area contributed by atoms with Gasteiger partial charge in [0.25, 0.3) is 0 Å². The van der Waals surface area contributed by atoms with Gasteiger partial charge in [-0.3, -0.25) is 0 Å². The summed E-state index contributed by atoms with van der Waals surface area (Å²) in [5.41, 5.74) is 8.87. The van der Waals surface area contributed by atoms with Crippen LogP contribution >= 0.6 is 0 Å². The quantitative estimate of drug-likeness (QED) is 0.213. The lowest BCUT2D eigenvalue weighted by molar-refractivity contribution is 0.285. The molecule has 2 aliphatic carbocycles. The Hall–Kier alpha value is -2.74. The molecule has 0 aliphatic heterocycles. The predicted octanol–water partition coefficient (Wildman–Crippen LogP) is 11.4. The van der Waals surface area contributed by atoms with E-state index in [0.29, 0.717) is 10.8 Å². The van der Waals surface area contributed by atoms with Crippen molar-refractivity contribution in [3.63, 3.8) is 0 Å². The van der Waals surface area contributed by atoms with Crippen molar-refractivity contribution >= 4 is 6.08 Å². The molecule has 0 bridgehead atoms. The molecule has 0 saturated carbocycles. The van der Waals surface area contributed by atoms with Crippen LogP contribution in [0.2, 0.25) is 0 Å². The fourth-order valence-electron chi connectivity index (χ4n) is 5.16. The van der Waals surface area contributed by atoms with E-state index in [-0.39, 0.29) is 7.43 Å². The van der Waals surface area contributed by atoms with Gasteiger partial charge in [-0.1, -0.05) is 97.6 Å². The maximum Gasteiger partial charge on any atom is 0.119 e. The van der Waals surface area contributed by atoms with Gasteiger partial charge < -0.3 is 9.47 Å². The summed E-state index contributed by atoms with van der Waals surface area (Å²) in [6.07, 6.45) is 15.7. The summed E-state index contributed by atoms with van der Waals surface area (Å²) >= 11 is 0. The molecule has 0 unspecified atom stereocenters. The van der Waals surface area contributed by atoms with E-state index in [0.717, 1.165) is 63.2 Å². The van der Waals surface area contributed by atoms with Gasteiger partial charge in [0.15, 0.2) is 0 Å². The van der Waals surface area contributed by atoms with E-state index >= 15 is 0 Å². The molecule has 0 saturated heterocycles. The first-order chi connectivity index (χ1) is 18.9. The molecule has 0 fully saturated rings.